The van der Waals surface area contributed by atoms with Crippen molar-refractivity contribution in [3.63, 3.8) is 0 Å². The zero-order chi connectivity index (χ0) is 15.6. The molecular formula is C13H15ClN4O2S2. The van der Waals surface area contributed by atoms with Gasteiger partial charge < -0.3 is 10.6 Å². The fourth-order valence-electron chi connectivity index (χ4n) is 2.23. The van der Waals surface area contributed by atoms with Gasteiger partial charge in [-0.2, -0.15) is 0 Å². The summed E-state index contributed by atoms with van der Waals surface area (Å²) in [5.41, 5.74) is 0.739. The molecule has 0 radical (unpaired) electrons. The Morgan fingerprint density at radius 3 is 2.91 bits per heavy atom. The summed E-state index contributed by atoms with van der Waals surface area (Å²) in [7, 11) is -3.68. The third-order valence-electron chi connectivity index (χ3n) is 3.32. The van der Waals surface area contributed by atoms with E-state index >= 15 is 0 Å². The topological polar surface area (TPSA) is 83.1 Å². The van der Waals surface area contributed by atoms with Crippen molar-refractivity contribution in [2.75, 3.05) is 23.1 Å². The maximum absolute atomic E-state index is 12.3. The molecule has 0 amide bonds. The molecule has 1 aromatic carbocycles. The number of thiazole rings is 1. The third-order valence-corrected chi connectivity index (χ3v) is 5.79. The zero-order valence-electron chi connectivity index (χ0n) is 11.5. The van der Waals surface area contributed by atoms with Gasteiger partial charge in [-0.25, -0.2) is 13.4 Å². The molecule has 9 heteroatoms. The zero-order valence-corrected chi connectivity index (χ0v) is 13.9. The van der Waals surface area contributed by atoms with E-state index in [1.54, 1.807) is 11.4 Å². The average molecular weight is 359 g/mol. The summed E-state index contributed by atoms with van der Waals surface area (Å²) in [6, 6.07) is 4.99. The number of hydrogen-bond donors (Lipinski definition) is 3. The first-order valence-electron chi connectivity index (χ1n) is 6.74. The Hall–Kier alpha value is -1.35. The number of rotatable bonds is 5. The number of anilines is 2. The van der Waals surface area contributed by atoms with Crippen LogP contribution in [-0.4, -0.2) is 32.5 Å². The highest BCUT2D eigenvalue weighted by atomic mass is 35.5. The van der Waals surface area contributed by atoms with Crippen LogP contribution in [0.25, 0.3) is 0 Å². The Balaban J connectivity index is 1.78. The van der Waals surface area contributed by atoms with E-state index in [-0.39, 0.29) is 4.90 Å². The minimum Gasteiger partial charge on any atom is -0.380 e. The minimum atomic E-state index is -3.68. The molecule has 0 spiro atoms. The Morgan fingerprint density at radius 2 is 2.27 bits per heavy atom. The number of nitrogens with one attached hydrogen (secondary N) is 3. The summed E-state index contributed by atoms with van der Waals surface area (Å²) in [4.78, 5) is 4.03. The van der Waals surface area contributed by atoms with Gasteiger partial charge in [0, 0.05) is 24.2 Å². The largest absolute Gasteiger partial charge is 0.380 e. The Bertz CT molecular complexity index is 743. The first-order chi connectivity index (χ1) is 10.5. The van der Waals surface area contributed by atoms with Gasteiger partial charge in [-0.15, -0.1) is 11.3 Å². The van der Waals surface area contributed by atoms with E-state index in [4.69, 9.17) is 11.6 Å². The van der Waals surface area contributed by atoms with E-state index in [9.17, 15) is 8.42 Å². The molecular weight excluding hydrogens is 344 g/mol. The minimum absolute atomic E-state index is 0.114. The molecule has 3 rings (SSSR count). The van der Waals surface area contributed by atoms with E-state index in [2.05, 4.69) is 20.3 Å². The van der Waals surface area contributed by atoms with Crippen LogP contribution in [0.1, 0.15) is 6.42 Å². The molecule has 2 aromatic rings. The van der Waals surface area contributed by atoms with Gasteiger partial charge in [0.25, 0.3) is 10.0 Å². The predicted molar refractivity (Wildman–Crippen MR) is 89.3 cm³/mol. The lowest BCUT2D eigenvalue weighted by molar-refractivity contribution is 0.601. The first kappa shape index (κ1) is 15.5. The second-order valence-corrected chi connectivity index (χ2v) is 7.90. The molecule has 118 valence electrons. The van der Waals surface area contributed by atoms with Crippen LogP contribution in [0.15, 0.2) is 34.7 Å². The van der Waals surface area contributed by atoms with Crippen molar-refractivity contribution in [2.24, 2.45) is 0 Å². The summed E-state index contributed by atoms with van der Waals surface area (Å²) in [5, 5.41) is 8.98. The Morgan fingerprint density at radius 1 is 1.41 bits per heavy atom. The Kier molecular flexibility index (Phi) is 4.53. The summed E-state index contributed by atoms with van der Waals surface area (Å²) in [5.74, 6) is 0. The quantitative estimate of drug-likeness (QED) is 0.764. The van der Waals surface area contributed by atoms with Crippen LogP contribution >= 0.6 is 22.9 Å². The van der Waals surface area contributed by atoms with Crippen LogP contribution < -0.4 is 15.4 Å². The summed E-state index contributed by atoms with van der Waals surface area (Å²) in [6.45, 7) is 1.85. The lowest BCUT2D eigenvalue weighted by atomic mass is 10.2. The number of nitrogens with zero attached hydrogens (tertiary/aromatic N) is 1. The summed E-state index contributed by atoms with van der Waals surface area (Å²) < 4.78 is 27.0. The molecule has 1 fully saturated rings. The molecule has 22 heavy (non-hydrogen) atoms. The number of aromatic nitrogens is 1. The van der Waals surface area contributed by atoms with E-state index in [1.807, 2.05) is 0 Å². The van der Waals surface area contributed by atoms with Crippen LogP contribution in [-0.2, 0) is 10.0 Å². The van der Waals surface area contributed by atoms with Gasteiger partial charge in [0.1, 0.15) is 0 Å². The molecule has 1 saturated heterocycles. The van der Waals surface area contributed by atoms with Crippen molar-refractivity contribution in [3.05, 3.63) is 34.8 Å². The summed E-state index contributed by atoms with van der Waals surface area (Å²) in [6.07, 6.45) is 2.56. The monoisotopic (exact) mass is 358 g/mol. The summed E-state index contributed by atoms with van der Waals surface area (Å²) >= 11 is 7.43. The van der Waals surface area contributed by atoms with Crippen molar-refractivity contribution in [1.29, 1.82) is 0 Å². The molecule has 1 aromatic heterocycles. The van der Waals surface area contributed by atoms with Crippen molar-refractivity contribution < 1.29 is 8.42 Å². The lowest BCUT2D eigenvalue weighted by Gasteiger charge is -2.15. The molecule has 2 heterocycles. The molecule has 1 atom stereocenters. The molecule has 0 unspecified atom stereocenters. The second-order valence-electron chi connectivity index (χ2n) is 4.92. The van der Waals surface area contributed by atoms with Gasteiger partial charge in [0.15, 0.2) is 5.13 Å². The molecule has 1 aliphatic heterocycles. The first-order valence-corrected chi connectivity index (χ1v) is 9.48. The SMILES string of the molecule is O=S(=O)(Nc1nccs1)c1ccc(N[C@@H]2CCNC2)c(Cl)c1. The number of halogens is 1. The van der Waals surface area contributed by atoms with Crippen molar-refractivity contribution in [2.45, 2.75) is 17.4 Å². The van der Waals surface area contributed by atoms with Gasteiger partial charge in [-0.05, 0) is 31.2 Å². The second kappa shape index (κ2) is 6.41. The third kappa shape index (κ3) is 3.52. The standard InChI is InChI=1S/C13H15ClN4O2S2/c14-11-7-10(22(19,20)18-13-16-5-6-21-13)1-2-12(11)17-9-3-4-15-8-9/h1-2,5-7,9,15,17H,3-4,8H2,(H,16,18)/t9-/m1/s1. The van der Waals surface area contributed by atoms with Crippen LogP contribution in [0.5, 0.6) is 0 Å². The highest BCUT2D eigenvalue weighted by Crippen LogP contribution is 2.27. The predicted octanol–water partition coefficient (Wildman–Crippen LogP) is 2.37. The molecule has 0 aliphatic carbocycles. The maximum Gasteiger partial charge on any atom is 0.263 e. The van der Waals surface area contributed by atoms with Crippen molar-refractivity contribution in [1.82, 2.24) is 10.3 Å². The Labute approximate surface area is 138 Å². The highest BCUT2D eigenvalue weighted by molar-refractivity contribution is 7.93. The fraction of sp³-hybridized carbons (Fsp3) is 0.308. The van der Waals surface area contributed by atoms with Crippen LogP contribution in [0.2, 0.25) is 5.02 Å². The number of benzene rings is 1. The van der Waals surface area contributed by atoms with Gasteiger partial charge in [0.05, 0.1) is 15.6 Å². The molecule has 0 saturated carbocycles. The van der Waals surface area contributed by atoms with Gasteiger partial charge in [-0.1, -0.05) is 11.6 Å². The van der Waals surface area contributed by atoms with Gasteiger partial charge in [0.2, 0.25) is 0 Å². The molecule has 1 aliphatic rings. The normalized spacial score (nSPS) is 18.3. The highest BCUT2D eigenvalue weighted by Gasteiger charge is 2.19. The molecule has 3 N–H and O–H groups in total. The van der Waals surface area contributed by atoms with Gasteiger partial charge >= 0.3 is 0 Å². The lowest BCUT2D eigenvalue weighted by Crippen LogP contribution is -2.22. The van der Waals surface area contributed by atoms with E-state index in [1.165, 1.54) is 29.7 Å². The van der Waals surface area contributed by atoms with Crippen LogP contribution in [0.3, 0.4) is 0 Å². The van der Waals surface area contributed by atoms with Gasteiger partial charge in [-0.3, -0.25) is 4.72 Å². The molecule has 6 nitrogen and oxygen atoms in total. The smallest absolute Gasteiger partial charge is 0.263 e. The van der Waals surface area contributed by atoms with E-state index in [0.717, 1.165) is 25.2 Å². The average Bonchev–Trinajstić information content (AvgIpc) is 3.14. The maximum atomic E-state index is 12.3. The van der Waals surface area contributed by atoms with Crippen LogP contribution in [0.4, 0.5) is 10.8 Å². The van der Waals surface area contributed by atoms with Crippen molar-refractivity contribution in [3.8, 4) is 0 Å². The molecule has 0 bridgehead atoms. The fourth-order valence-corrected chi connectivity index (χ4v) is 4.34. The van der Waals surface area contributed by atoms with E-state index < -0.39 is 10.0 Å². The van der Waals surface area contributed by atoms with E-state index in [0.29, 0.717) is 16.2 Å². The van der Waals surface area contributed by atoms with Crippen LogP contribution in [0, 0.1) is 0 Å². The number of sulfonamides is 1. The number of hydrogen-bond acceptors (Lipinski definition) is 6. The van der Waals surface area contributed by atoms with Crippen molar-refractivity contribution >= 4 is 43.8 Å².